The number of carbonyl (C=O) groups is 1. The average molecular weight is 342 g/mol. The lowest BCUT2D eigenvalue weighted by molar-refractivity contribution is -0.385. The summed E-state index contributed by atoms with van der Waals surface area (Å²) in [6, 6.07) is 7.00. The van der Waals surface area contributed by atoms with Gasteiger partial charge in [-0.1, -0.05) is 29.8 Å². The molecule has 22 heavy (non-hydrogen) atoms. The molecule has 0 aliphatic heterocycles. The highest BCUT2D eigenvalue weighted by Crippen LogP contribution is 2.40. The maximum atomic E-state index is 11.7. The summed E-state index contributed by atoms with van der Waals surface area (Å²) in [5, 5.41) is 12.8. The van der Waals surface area contributed by atoms with Gasteiger partial charge in [0.1, 0.15) is 6.10 Å². The van der Waals surface area contributed by atoms with E-state index in [9.17, 15) is 14.9 Å². The first kappa shape index (κ1) is 16.3. The van der Waals surface area contributed by atoms with Gasteiger partial charge in [0.15, 0.2) is 4.88 Å². The van der Waals surface area contributed by atoms with Crippen LogP contribution in [0.3, 0.4) is 0 Å². The first-order chi connectivity index (χ1) is 10.5. The Kier molecular flexibility index (Phi) is 4.99. The second-order valence-corrected chi connectivity index (χ2v) is 5.60. The van der Waals surface area contributed by atoms with Gasteiger partial charge in [-0.05, 0) is 13.0 Å². The summed E-state index contributed by atoms with van der Waals surface area (Å²) in [5.74, 6) is -0.784. The normalized spacial score (nSPS) is 11.8. The van der Waals surface area contributed by atoms with E-state index in [0.717, 1.165) is 11.3 Å². The quantitative estimate of drug-likeness (QED) is 0.462. The molecule has 0 bridgehead atoms. The SMILES string of the molecule is COC(=O)c1scc([N+](=O)[O-])c1O[C@H](C)c1ccccc1Cl. The van der Waals surface area contributed by atoms with E-state index in [1.807, 2.05) is 0 Å². The number of carbonyl (C=O) groups excluding carboxylic acids is 1. The third-order valence-corrected chi connectivity index (χ3v) is 4.21. The van der Waals surface area contributed by atoms with E-state index in [1.165, 1.54) is 12.5 Å². The first-order valence-corrected chi connectivity index (χ1v) is 7.46. The van der Waals surface area contributed by atoms with Gasteiger partial charge in [-0.15, -0.1) is 11.3 Å². The van der Waals surface area contributed by atoms with Crippen LogP contribution in [-0.4, -0.2) is 18.0 Å². The zero-order valence-electron chi connectivity index (χ0n) is 11.7. The van der Waals surface area contributed by atoms with Crippen molar-refractivity contribution >= 4 is 34.6 Å². The third kappa shape index (κ3) is 3.20. The number of rotatable bonds is 5. The Morgan fingerprint density at radius 2 is 2.09 bits per heavy atom. The average Bonchev–Trinajstić information content (AvgIpc) is 2.90. The predicted octanol–water partition coefficient (Wildman–Crippen LogP) is 4.24. The summed E-state index contributed by atoms with van der Waals surface area (Å²) >= 11 is 6.99. The van der Waals surface area contributed by atoms with Crippen molar-refractivity contribution in [2.24, 2.45) is 0 Å². The molecule has 1 atom stereocenters. The lowest BCUT2D eigenvalue weighted by Crippen LogP contribution is -2.08. The molecule has 0 aliphatic rings. The molecular formula is C14H12ClNO5S. The Labute approximate surface area is 135 Å². The molecule has 0 saturated carbocycles. The second kappa shape index (κ2) is 6.76. The van der Waals surface area contributed by atoms with Crippen molar-refractivity contribution in [3.63, 3.8) is 0 Å². The van der Waals surface area contributed by atoms with Gasteiger partial charge < -0.3 is 9.47 Å². The summed E-state index contributed by atoms with van der Waals surface area (Å²) in [6.07, 6.45) is -0.564. The maximum absolute atomic E-state index is 11.7. The van der Waals surface area contributed by atoms with Crippen LogP contribution >= 0.6 is 22.9 Å². The van der Waals surface area contributed by atoms with Gasteiger partial charge in [0, 0.05) is 10.6 Å². The number of halogens is 1. The van der Waals surface area contributed by atoms with Crippen LogP contribution in [0.4, 0.5) is 5.69 Å². The molecule has 8 heteroatoms. The van der Waals surface area contributed by atoms with Gasteiger partial charge in [-0.2, -0.15) is 0 Å². The molecule has 0 saturated heterocycles. The molecule has 1 aromatic carbocycles. The van der Waals surface area contributed by atoms with Crippen LogP contribution in [-0.2, 0) is 4.74 Å². The number of thiophene rings is 1. The molecule has 0 radical (unpaired) electrons. The molecule has 1 heterocycles. The predicted molar refractivity (Wildman–Crippen MR) is 82.8 cm³/mol. The van der Waals surface area contributed by atoms with E-state index < -0.39 is 17.0 Å². The fourth-order valence-electron chi connectivity index (χ4n) is 1.86. The highest BCUT2D eigenvalue weighted by Gasteiger charge is 2.29. The number of hydrogen-bond donors (Lipinski definition) is 0. The summed E-state index contributed by atoms with van der Waals surface area (Å²) in [7, 11) is 1.20. The van der Waals surface area contributed by atoms with Gasteiger partial charge in [-0.25, -0.2) is 4.79 Å². The lowest BCUT2D eigenvalue weighted by Gasteiger charge is -2.15. The minimum atomic E-state index is -0.681. The van der Waals surface area contributed by atoms with Crippen LogP contribution in [0.15, 0.2) is 29.6 Å². The largest absolute Gasteiger partial charge is 0.478 e. The van der Waals surface area contributed by atoms with Gasteiger partial charge >= 0.3 is 11.7 Å². The van der Waals surface area contributed by atoms with Crippen molar-refractivity contribution < 1.29 is 19.2 Å². The minimum Gasteiger partial charge on any atom is -0.478 e. The molecule has 0 aliphatic carbocycles. The first-order valence-electron chi connectivity index (χ1n) is 6.21. The molecule has 2 rings (SSSR count). The molecule has 0 amide bonds. The van der Waals surface area contributed by atoms with Crippen LogP contribution in [0.1, 0.15) is 28.3 Å². The van der Waals surface area contributed by atoms with Crippen LogP contribution in [0, 0.1) is 10.1 Å². The van der Waals surface area contributed by atoms with Gasteiger partial charge in [-0.3, -0.25) is 10.1 Å². The van der Waals surface area contributed by atoms with E-state index in [-0.39, 0.29) is 16.3 Å². The monoisotopic (exact) mass is 341 g/mol. The number of nitrogens with zero attached hydrogens (tertiary/aromatic N) is 1. The molecule has 0 N–H and O–H groups in total. The minimum absolute atomic E-state index is 0.0492. The molecule has 6 nitrogen and oxygen atoms in total. The fourth-order valence-corrected chi connectivity index (χ4v) is 3.01. The third-order valence-electron chi connectivity index (χ3n) is 2.93. The number of methoxy groups -OCH3 is 1. The molecule has 2 aromatic rings. The van der Waals surface area contributed by atoms with Crippen molar-refractivity contribution in [3.05, 3.63) is 55.2 Å². The van der Waals surface area contributed by atoms with Crippen molar-refractivity contribution in [3.8, 4) is 5.75 Å². The molecule has 1 aromatic heterocycles. The zero-order chi connectivity index (χ0) is 16.3. The highest BCUT2D eigenvalue weighted by atomic mass is 35.5. The number of hydrogen-bond acceptors (Lipinski definition) is 6. The summed E-state index contributed by atoms with van der Waals surface area (Å²) < 4.78 is 10.3. The molecule has 116 valence electrons. The fraction of sp³-hybridized carbons (Fsp3) is 0.214. The highest BCUT2D eigenvalue weighted by molar-refractivity contribution is 7.12. The van der Waals surface area contributed by atoms with E-state index in [1.54, 1.807) is 31.2 Å². The van der Waals surface area contributed by atoms with Crippen molar-refractivity contribution in [2.75, 3.05) is 7.11 Å². The molecule has 0 spiro atoms. The molecule has 0 unspecified atom stereocenters. The van der Waals surface area contributed by atoms with Crippen LogP contribution in [0.25, 0.3) is 0 Å². The van der Waals surface area contributed by atoms with Crippen LogP contribution in [0.5, 0.6) is 5.75 Å². The Balaban J connectivity index is 2.39. The topological polar surface area (TPSA) is 78.7 Å². The van der Waals surface area contributed by atoms with Crippen LogP contribution in [0.2, 0.25) is 5.02 Å². The maximum Gasteiger partial charge on any atom is 0.352 e. The van der Waals surface area contributed by atoms with E-state index >= 15 is 0 Å². The van der Waals surface area contributed by atoms with E-state index in [0.29, 0.717) is 10.6 Å². The number of nitro groups is 1. The van der Waals surface area contributed by atoms with E-state index in [4.69, 9.17) is 16.3 Å². The Bertz CT molecular complexity index is 715. The summed E-state index contributed by atoms with van der Waals surface area (Å²) in [4.78, 5) is 22.2. The standard InChI is InChI=1S/C14H12ClNO5S/c1-8(9-5-3-4-6-10(9)15)21-12-11(16(18)19)7-22-13(12)14(17)20-2/h3-8H,1-2H3/t8-/m1/s1. The van der Waals surface area contributed by atoms with E-state index in [2.05, 4.69) is 4.74 Å². The van der Waals surface area contributed by atoms with Gasteiger partial charge in [0.25, 0.3) is 0 Å². The molecular weight excluding hydrogens is 330 g/mol. The Morgan fingerprint density at radius 3 is 2.68 bits per heavy atom. The Hall–Kier alpha value is -2.12. The number of ether oxygens (including phenoxy) is 2. The molecule has 0 fully saturated rings. The van der Waals surface area contributed by atoms with Crippen molar-refractivity contribution in [2.45, 2.75) is 13.0 Å². The van der Waals surface area contributed by atoms with Crippen molar-refractivity contribution in [1.29, 1.82) is 0 Å². The van der Waals surface area contributed by atoms with Crippen LogP contribution < -0.4 is 4.74 Å². The van der Waals surface area contributed by atoms with Gasteiger partial charge in [0.2, 0.25) is 5.75 Å². The lowest BCUT2D eigenvalue weighted by atomic mass is 10.1. The zero-order valence-corrected chi connectivity index (χ0v) is 13.3. The van der Waals surface area contributed by atoms with Crippen molar-refractivity contribution in [1.82, 2.24) is 0 Å². The summed E-state index contributed by atoms with van der Waals surface area (Å²) in [6.45, 7) is 1.70. The number of benzene rings is 1. The Morgan fingerprint density at radius 1 is 1.41 bits per heavy atom. The van der Waals surface area contributed by atoms with Gasteiger partial charge in [0.05, 0.1) is 17.4 Å². The smallest absolute Gasteiger partial charge is 0.352 e. The number of esters is 1. The summed E-state index contributed by atoms with van der Waals surface area (Å²) in [5.41, 5.74) is 0.393. The second-order valence-electron chi connectivity index (χ2n) is 4.31.